The number of pyridine rings is 1. The molecule has 2 aromatic heterocycles. The third kappa shape index (κ3) is 5.76. The number of fused-ring (bicyclic) bond motifs is 1. The molecule has 0 unspecified atom stereocenters. The molecule has 0 saturated heterocycles. The lowest BCUT2D eigenvalue weighted by atomic mass is 10.1. The summed E-state index contributed by atoms with van der Waals surface area (Å²) >= 11 is 6.19. The number of rotatable bonds is 9. The zero-order valence-electron chi connectivity index (χ0n) is 18.7. The van der Waals surface area contributed by atoms with E-state index in [1.165, 1.54) is 0 Å². The van der Waals surface area contributed by atoms with Crippen LogP contribution in [0.2, 0.25) is 30.8 Å². The highest BCUT2D eigenvalue weighted by Crippen LogP contribution is 2.30. The van der Waals surface area contributed by atoms with Crippen LogP contribution in [0.4, 0.5) is 0 Å². The van der Waals surface area contributed by atoms with Gasteiger partial charge in [-0.25, -0.2) is 9.67 Å². The SMILES string of the molecule is C[Si](C)(C)CCOCn1nc(-c2ccc(OCc3ccccc3)cc2)c2cc(Cl)ncc21. The highest BCUT2D eigenvalue weighted by molar-refractivity contribution is 6.76. The summed E-state index contributed by atoms with van der Waals surface area (Å²) in [5, 5.41) is 6.22. The minimum Gasteiger partial charge on any atom is -0.489 e. The highest BCUT2D eigenvalue weighted by atomic mass is 35.5. The average molecular weight is 466 g/mol. The molecule has 166 valence electrons. The first-order valence-corrected chi connectivity index (χ1v) is 14.8. The van der Waals surface area contributed by atoms with Crippen LogP contribution in [0.3, 0.4) is 0 Å². The Balaban J connectivity index is 1.52. The quantitative estimate of drug-likeness (QED) is 0.158. The lowest BCUT2D eigenvalue weighted by Crippen LogP contribution is -2.22. The maximum Gasteiger partial charge on any atom is 0.140 e. The van der Waals surface area contributed by atoms with Gasteiger partial charge >= 0.3 is 0 Å². The van der Waals surface area contributed by atoms with Gasteiger partial charge in [0.1, 0.15) is 29.9 Å². The molecule has 0 spiro atoms. The Kier molecular flexibility index (Phi) is 6.94. The summed E-state index contributed by atoms with van der Waals surface area (Å²) in [6.07, 6.45) is 1.76. The molecule has 0 amide bonds. The van der Waals surface area contributed by atoms with Gasteiger partial charge < -0.3 is 9.47 Å². The van der Waals surface area contributed by atoms with Crippen LogP contribution in [0.1, 0.15) is 5.56 Å². The first-order valence-electron chi connectivity index (χ1n) is 10.8. The Morgan fingerprint density at radius 3 is 2.47 bits per heavy atom. The van der Waals surface area contributed by atoms with Crippen LogP contribution >= 0.6 is 11.6 Å². The molecule has 0 aliphatic rings. The Labute approximate surface area is 195 Å². The smallest absolute Gasteiger partial charge is 0.140 e. The Morgan fingerprint density at radius 1 is 1.00 bits per heavy atom. The molecule has 0 aliphatic heterocycles. The molecule has 7 heteroatoms. The van der Waals surface area contributed by atoms with Crippen molar-refractivity contribution in [1.82, 2.24) is 14.8 Å². The Bertz CT molecular complexity index is 1170. The van der Waals surface area contributed by atoms with Crippen molar-refractivity contribution < 1.29 is 9.47 Å². The molecule has 2 heterocycles. The van der Waals surface area contributed by atoms with Crippen LogP contribution in [0, 0.1) is 0 Å². The summed E-state index contributed by atoms with van der Waals surface area (Å²) in [4.78, 5) is 4.25. The number of ether oxygens (including phenoxy) is 2. The molecule has 32 heavy (non-hydrogen) atoms. The molecule has 4 rings (SSSR count). The van der Waals surface area contributed by atoms with Crippen molar-refractivity contribution in [3.05, 3.63) is 77.6 Å². The van der Waals surface area contributed by atoms with E-state index < -0.39 is 8.07 Å². The van der Waals surface area contributed by atoms with Gasteiger partial charge in [0.25, 0.3) is 0 Å². The van der Waals surface area contributed by atoms with Gasteiger partial charge in [-0.05, 0) is 41.9 Å². The van der Waals surface area contributed by atoms with Crippen molar-refractivity contribution in [3.8, 4) is 17.0 Å². The van der Waals surface area contributed by atoms with Gasteiger partial charge in [-0.3, -0.25) is 0 Å². The molecule has 0 N–H and O–H groups in total. The second-order valence-corrected chi connectivity index (χ2v) is 15.0. The van der Waals surface area contributed by atoms with Crippen LogP contribution in [0.5, 0.6) is 5.75 Å². The van der Waals surface area contributed by atoms with Gasteiger partial charge in [-0.2, -0.15) is 5.10 Å². The number of aromatic nitrogens is 3. The van der Waals surface area contributed by atoms with Gasteiger partial charge in [0, 0.05) is 25.6 Å². The van der Waals surface area contributed by atoms with Crippen LogP contribution in [-0.2, 0) is 18.1 Å². The van der Waals surface area contributed by atoms with Gasteiger partial charge in [0.05, 0.1) is 11.7 Å². The normalized spacial score (nSPS) is 11.8. The molecule has 0 fully saturated rings. The molecule has 0 radical (unpaired) electrons. The second kappa shape index (κ2) is 9.86. The average Bonchev–Trinajstić information content (AvgIpc) is 3.13. The molecule has 0 bridgehead atoms. The number of benzene rings is 2. The van der Waals surface area contributed by atoms with Gasteiger partial charge in [0.15, 0.2) is 0 Å². The van der Waals surface area contributed by atoms with Gasteiger partial charge in [-0.15, -0.1) is 0 Å². The van der Waals surface area contributed by atoms with Crippen molar-refractivity contribution in [2.45, 2.75) is 39.0 Å². The van der Waals surface area contributed by atoms with Crippen molar-refractivity contribution in [3.63, 3.8) is 0 Å². The van der Waals surface area contributed by atoms with E-state index in [9.17, 15) is 0 Å². The number of halogens is 1. The number of nitrogens with zero attached hydrogens (tertiary/aromatic N) is 3. The van der Waals surface area contributed by atoms with Crippen LogP contribution in [-0.4, -0.2) is 29.4 Å². The maximum atomic E-state index is 6.19. The molecule has 5 nitrogen and oxygen atoms in total. The van der Waals surface area contributed by atoms with Crippen molar-refractivity contribution >= 4 is 30.6 Å². The molecule has 4 aromatic rings. The summed E-state index contributed by atoms with van der Waals surface area (Å²) in [5.41, 5.74) is 3.89. The first-order chi connectivity index (χ1) is 15.4. The Morgan fingerprint density at radius 2 is 1.75 bits per heavy atom. The topological polar surface area (TPSA) is 49.2 Å². The van der Waals surface area contributed by atoms with E-state index in [-0.39, 0.29) is 0 Å². The fraction of sp³-hybridized carbons (Fsp3) is 0.280. The van der Waals surface area contributed by atoms with Crippen molar-refractivity contribution in [1.29, 1.82) is 0 Å². The van der Waals surface area contributed by atoms with E-state index >= 15 is 0 Å². The molecular weight excluding hydrogens is 438 g/mol. The summed E-state index contributed by atoms with van der Waals surface area (Å²) in [6.45, 7) is 8.70. The molecule has 0 atom stereocenters. The summed E-state index contributed by atoms with van der Waals surface area (Å²) in [6, 6.07) is 21.1. The molecule has 0 aliphatic carbocycles. The summed E-state index contributed by atoms with van der Waals surface area (Å²) in [7, 11) is -1.13. The van der Waals surface area contributed by atoms with E-state index in [0.717, 1.165) is 46.1 Å². The standard InChI is InChI=1S/C25H28ClN3O2Si/c1-32(2,3)14-13-30-18-29-23-16-27-24(26)15-22(23)25(28-29)20-9-11-21(12-10-20)31-17-19-7-5-4-6-8-19/h4-12,15-16H,13-14,17-18H2,1-3H3. The highest BCUT2D eigenvalue weighted by Gasteiger charge is 2.15. The Hall–Kier alpha value is -2.67. The zero-order valence-corrected chi connectivity index (χ0v) is 20.5. The molecule has 0 saturated carbocycles. The number of hydrogen-bond donors (Lipinski definition) is 0. The van der Waals surface area contributed by atoms with Crippen LogP contribution < -0.4 is 4.74 Å². The second-order valence-electron chi connectivity index (χ2n) is 9.02. The monoisotopic (exact) mass is 465 g/mol. The maximum absolute atomic E-state index is 6.19. The van der Waals surface area contributed by atoms with E-state index in [1.54, 1.807) is 6.20 Å². The third-order valence-corrected chi connectivity index (χ3v) is 7.10. The van der Waals surface area contributed by atoms with E-state index in [4.69, 9.17) is 26.2 Å². The minimum absolute atomic E-state index is 0.391. The fourth-order valence-corrected chi connectivity index (χ4v) is 4.25. The van der Waals surface area contributed by atoms with E-state index in [0.29, 0.717) is 18.5 Å². The number of hydrogen-bond acceptors (Lipinski definition) is 4. The van der Waals surface area contributed by atoms with Gasteiger partial charge in [-0.1, -0.05) is 61.6 Å². The lowest BCUT2D eigenvalue weighted by Gasteiger charge is -2.15. The largest absolute Gasteiger partial charge is 0.489 e. The lowest BCUT2D eigenvalue weighted by molar-refractivity contribution is 0.0818. The summed E-state index contributed by atoms with van der Waals surface area (Å²) < 4.78 is 13.7. The van der Waals surface area contributed by atoms with Crippen LogP contribution in [0.25, 0.3) is 22.2 Å². The zero-order chi connectivity index (χ0) is 22.6. The fourth-order valence-electron chi connectivity index (χ4n) is 3.34. The van der Waals surface area contributed by atoms with Crippen molar-refractivity contribution in [2.75, 3.05) is 6.61 Å². The van der Waals surface area contributed by atoms with E-state index in [2.05, 4.69) is 36.8 Å². The predicted octanol–water partition coefficient (Wildman–Crippen LogP) is 6.64. The summed E-state index contributed by atoms with van der Waals surface area (Å²) in [5.74, 6) is 0.815. The minimum atomic E-state index is -1.13. The predicted molar refractivity (Wildman–Crippen MR) is 133 cm³/mol. The van der Waals surface area contributed by atoms with Crippen molar-refractivity contribution in [2.24, 2.45) is 0 Å². The molecule has 2 aromatic carbocycles. The third-order valence-electron chi connectivity index (χ3n) is 5.19. The van der Waals surface area contributed by atoms with Gasteiger partial charge in [0.2, 0.25) is 0 Å². The van der Waals surface area contributed by atoms with Crippen LogP contribution in [0.15, 0.2) is 66.9 Å². The van der Waals surface area contributed by atoms with E-state index in [1.807, 2.05) is 53.2 Å². The molecular formula is C25H28ClN3O2Si. The first kappa shape index (κ1) is 22.5.